The van der Waals surface area contributed by atoms with Crippen molar-refractivity contribution in [3.63, 3.8) is 0 Å². The van der Waals surface area contributed by atoms with Gasteiger partial charge in [-0.3, -0.25) is 0 Å². The van der Waals surface area contributed by atoms with Crippen LogP contribution in [0.15, 0.2) is 47.4 Å². The van der Waals surface area contributed by atoms with Gasteiger partial charge in [0.05, 0.1) is 34.0 Å². The predicted molar refractivity (Wildman–Crippen MR) is 100.0 cm³/mol. The smallest absolute Gasteiger partial charge is 0.246 e. The molecular weight excluding hydrogens is 370 g/mol. The Morgan fingerprint density at radius 2 is 1.63 bits per heavy atom. The third kappa shape index (κ3) is 4.02. The van der Waals surface area contributed by atoms with Gasteiger partial charge in [0.15, 0.2) is 0 Å². The first-order valence-electron chi connectivity index (χ1n) is 8.47. The molecule has 1 atom stereocenters. The summed E-state index contributed by atoms with van der Waals surface area (Å²) in [6.07, 6.45) is -0.344. The number of hydrogen-bond donors (Lipinski definition) is 0. The molecule has 1 saturated heterocycles. The lowest BCUT2D eigenvalue weighted by Gasteiger charge is -2.32. The van der Waals surface area contributed by atoms with Crippen LogP contribution < -0.4 is 14.2 Å². The van der Waals surface area contributed by atoms with E-state index in [9.17, 15) is 8.42 Å². The van der Waals surface area contributed by atoms with E-state index in [2.05, 4.69) is 0 Å². The van der Waals surface area contributed by atoms with E-state index >= 15 is 0 Å². The summed E-state index contributed by atoms with van der Waals surface area (Å²) in [4.78, 5) is 0.112. The second-order valence-corrected chi connectivity index (χ2v) is 7.92. The fraction of sp³-hybridized carbons (Fsp3) is 0.368. The van der Waals surface area contributed by atoms with Gasteiger partial charge in [-0.05, 0) is 29.8 Å². The van der Waals surface area contributed by atoms with Gasteiger partial charge in [-0.2, -0.15) is 4.31 Å². The third-order valence-corrected chi connectivity index (χ3v) is 6.41. The topological polar surface area (TPSA) is 74.3 Å². The molecule has 1 fully saturated rings. The lowest BCUT2D eigenvalue weighted by molar-refractivity contribution is -0.00261. The molecule has 0 bridgehead atoms. The highest BCUT2D eigenvalue weighted by molar-refractivity contribution is 7.89. The first kappa shape index (κ1) is 19.5. The molecular formula is C19H23NO6S. The predicted octanol–water partition coefficient (Wildman–Crippen LogP) is 2.47. The molecule has 0 N–H and O–H groups in total. The van der Waals surface area contributed by atoms with Crippen molar-refractivity contribution in [2.45, 2.75) is 11.0 Å². The zero-order chi connectivity index (χ0) is 19.4. The summed E-state index contributed by atoms with van der Waals surface area (Å²) in [5, 5.41) is 0. The van der Waals surface area contributed by atoms with Gasteiger partial charge in [-0.15, -0.1) is 0 Å². The molecule has 3 rings (SSSR count). The Morgan fingerprint density at radius 3 is 2.26 bits per heavy atom. The summed E-state index contributed by atoms with van der Waals surface area (Å²) in [6, 6.07) is 12.1. The van der Waals surface area contributed by atoms with Gasteiger partial charge in [0.2, 0.25) is 10.0 Å². The van der Waals surface area contributed by atoms with E-state index in [4.69, 9.17) is 18.9 Å². The quantitative estimate of drug-likeness (QED) is 0.751. The van der Waals surface area contributed by atoms with E-state index in [0.717, 1.165) is 11.3 Å². The van der Waals surface area contributed by atoms with Crippen LogP contribution in [-0.2, 0) is 14.8 Å². The second kappa shape index (κ2) is 8.16. The maximum absolute atomic E-state index is 13.2. The van der Waals surface area contributed by atoms with Gasteiger partial charge in [0, 0.05) is 19.2 Å². The number of rotatable bonds is 6. The van der Waals surface area contributed by atoms with Crippen LogP contribution in [-0.4, -0.2) is 53.7 Å². The first-order chi connectivity index (χ1) is 13.0. The monoisotopic (exact) mass is 393 g/mol. The van der Waals surface area contributed by atoms with Gasteiger partial charge >= 0.3 is 0 Å². The van der Waals surface area contributed by atoms with Crippen molar-refractivity contribution in [1.29, 1.82) is 0 Å². The minimum atomic E-state index is -3.74. The van der Waals surface area contributed by atoms with Gasteiger partial charge in [-0.25, -0.2) is 8.42 Å². The van der Waals surface area contributed by atoms with Crippen LogP contribution in [0.5, 0.6) is 17.2 Å². The van der Waals surface area contributed by atoms with Gasteiger partial charge in [0.25, 0.3) is 0 Å². The Kier molecular flexibility index (Phi) is 5.88. The maximum Gasteiger partial charge on any atom is 0.246 e. The van der Waals surface area contributed by atoms with Crippen molar-refractivity contribution in [2.24, 2.45) is 0 Å². The molecule has 1 heterocycles. The molecule has 1 aliphatic rings. The van der Waals surface area contributed by atoms with Crippen LogP contribution in [0, 0.1) is 0 Å². The minimum Gasteiger partial charge on any atom is -0.497 e. The number of nitrogens with zero attached hydrogens (tertiary/aromatic N) is 1. The SMILES string of the molecule is COc1ccc(C2CN(S(=O)(=O)c3ccc(OC)cc3OC)CCO2)cc1. The van der Waals surface area contributed by atoms with Gasteiger partial charge < -0.3 is 18.9 Å². The van der Waals surface area contributed by atoms with Crippen molar-refractivity contribution in [3.05, 3.63) is 48.0 Å². The van der Waals surface area contributed by atoms with Gasteiger partial charge in [-0.1, -0.05) is 12.1 Å². The van der Waals surface area contributed by atoms with E-state index in [1.165, 1.54) is 24.6 Å². The molecule has 1 aliphatic heterocycles. The largest absolute Gasteiger partial charge is 0.497 e. The fourth-order valence-corrected chi connectivity index (χ4v) is 4.55. The first-order valence-corrected chi connectivity index (χ1v) is 9.91. The molecule has 0 spiro atoms. The molecule has 2 aromatic rings. The normalized spacial score (nSPS) is 18.1. The summed E-state index contributed by atoms with van der Waals surface area (Å²) < 4.78 is 49.1. The van der Waals surface area contributed by atoms with E-state index < -0.39 is 10.0 Å². The number of morpholine rings is 1. The van der Waals surface area contributed by atoms with Crippen molar-refractivity contribution in [1.82, 2.24) is 4.31 Å². The van der Waals surface area contributed by atoms with Crippen LogP contribution in [0.25, 0.3) is 0 Å². The van der Waals surface area contributed by atoms with Crippen LogP contribution >= 0.6 is 0 Å². The number of methoxy groups -OCH3 is 3. The maximum atomic E-state index is 13.2. The van der Waals surface area contributed by atoms with Crippen LogP contribution in [0.4, 0.5) is 0 Å². The van der Waals surface area contributed by atoms with E-state index in [1.54, 1.807) is 19.2 Å². The van der Waals surface area contributed by atoms with E-state index in [-0.39, 0.29) is 29.8 Å². The number of benzene rings is 2. The average Bonchev–Trinajstić information content (AvgIpc) is 2.73. The molecule has 7 nitrogen and oxygen atoms in total. The highest BCUT2D eigenvalue weighted by Crippen LogP contribution is 2.33. The fourth-order valence-electron chi connectivity index (χ4n) is 2.99. The summed E-state index contributed by atoms with van der Waals surface area (Å²) >= 11 is 0. The molecule has 2 aromatic carbocycles. The Balaban J connectivity index is 1.86. The number of sulfonamides is 1. The van der Waals surface area contributed by atoms with Gasteiger partial charge in [0.1, 0.15) is 22.1 Å². The molecule has 0 aromatic heterocycles. The molecule has 0 radical (unpaired) electrons. The Bertz CT molecular complexity index is 882. The number of ether oxygens (including phenoxy) is 4. The Labute approximate surface area is 159 Å². The summed E-state index contributed by atoms with van der Waals surface area (Å²) in [5.41, 5.74) is 0.900. The highest BCUT2D eigenvalue weighted by atomic mass is 32.2. The molecule has 0 saturated carbocycles. The molecule has 1 unspecified atom stereocenters. The van der Waals surface area contributed by atoms with E-state index in [1.807, 2.05) is 24.3 Å². The Morgan fingerprint density at radius 1 is 0.963 bits per heavy atom. The molecule has 8 heteroatoms. The Hall–Kier alpha value is -2.29. The molecule has 27 heavy (non-hydrogen) atoms. The third-order valence-electron chi connectivity index (χ3n) is 4.51. The lowest BCUT2D eigenvalue weighted by atomic mass is 10.1. The van der Waals surface area contributed by atoms with Crippen LogP contribution in [0.1, 0.15) is 11.7 Å². The molecule has 0 amide bonds. The van der Waals surface area contributed by atoms with Crippen molar-refractivity contribution in [2.75, 3.05) is 41.0 Å². The van der Waals surface area contributed by atoms with Crippen LogP contribution in [0.2, 0.25) is 0 Å². The minimum absolute atomic E-state index is 0.112. The van der Waals surface area contributed by atoms with Crippen molar-refractivity contribution >= 4 is 10.0 Å². The van der Waals surface area contributed by atoms with Crippen molar-refractivity contribution < 1.29 is 27.4 Å². The number of hydrogen-bond acceptors (Lipinski definition) is 6. The summed E-state index contributed by atoms with van der Waals surface area (Å²) in [7, 11) is 0.820. The summed E-state index contributed by atoms with van der Waals surface area (Å²) in [5.74, 6) is 1.52. The second-order valence-electron chi connectivity index (χ2n) is 6.01. The standard InChI is InChI=1S/C19H23NO6S/c1-23-15-6-4-14(5-7-15)18-13-20(10-11-26-18)27(21,22)19-9-8-16(24-2)12-17(19)25-3/h4-9,12,18H,10-11,13H2,1-3H3. The zero-order valence-electron chi connectivity index (χ0n) is 15.5. The zero-order valence-corrected chi connectivity index (χ0v) is 16.4. The van der Waals surface area contributed by atoms with Crippen LogP contribution in [0.3, 0.4) is 0 Å². The van der Waals surface area contributed by atoms with Crippen molar-refractivity contribution in [3.8, 4) is 17.2 Å². The average molecular weight is 393 g/mol. The van der Waals surface area contributed by atoms with E-state index in [0.29, 0.717) is 12.4 Å². The molecule has 0 aliphatic carbocycles. The molecule has 146 valence electrons. The lowest BCUT2D eigenvalue weighted by Crippen LogP contribution is -2.42. The highest BCUT2D eigenvalue weighted by Gasteiger charge is 2.33. The summed E-state index contributed by atoms with van der Waals surface area (Å²) in [6.45, 7) is 0.822.